The van der Waals surface area contributed by atoms with Crippen LogP contribution in [0.15, 0.2) is 24.3 Å². The maximum atomic E-state index is 12.7. The Morgan fingerprint density at radius 3 is 2.27 bits per heavy atom. The Kier molecular flexibility index (Phi) is 3.83. The largest absolute Gasteiger partial charge is 0.326 e. The van der Waals surface area contributed by atoms with Crippen LogP contribution in [0.5, 0.6) is 0 Å². The zero-order valence-electron chi connectivity index (χ0n) is 9.33. The van der Waals surface area contributed by atoms with Crippen LogP contribution in [-0.4, -0.2) is 5.54 Å². The van der Waals surface area contributed by atoms with Crippen molar-refractivity contribution < 1.29 is 4.39 Å². The molecule has 3 heteroatoms. The molecule has 0 aliphatic carbocycles. The minimum absolute atomic E-state index is 0.0616. The molecular weight excluding hydrogens is 191 g/mol. The third-order valence-corrected chi connectivity index (χ3v) is 2.40. The van der Waals surface area contributed by atoms with E-state index in [2.05, 4.69) is 0 Å². The van der Waals surface area contributed by atoms with Gasteiger partial charge in [0, 0.05) is 11.6 Å². The van der Waals surface area contributed by atoms with E-state index in [4.69, 9.17) is 11.5 Å². The van der Waals surface area contributed by atoms with E-state index in [-0.39, 0.29) is 17.4 Å². The first-order chi connectivity index (χ1) is 6.88. The predicted molar refractivity (Wildman–Crippen MR) is 60.8 cm³/mol. The standard InChI is InChI=1S/C12H19FN2/c1-12(2,15)8-7-11(14)9-3-5-10(13)6-4-9/h3-6,11H,7-8,14-15H2,1-2H3. The molecule has 0 heterocycles. The van der Waals surface area contributed by atoms with Crippen molar-refractivity contribution in [1.29, 1.82) is 0 Å². The summed E-state index contributed by atoms with van der Waals surface area (Å²) in [6.45, 7) is 3.95. The molecule has 0 aromatic heterocycles. The van der Waals surface area contributed by atoms with Gasteiger partial charge in [-0.25, -0.2) is 4.39 Å². The van der Waals surface area contributed by atoms with E-state index in [0.29, 0.717) is 0 Å². The molecule has 1 unspecified atom stereocenters. The summed E-state index contributed by atoms with van der Waals surface area (Å²) in [6, 6.07) is 6.26. The summed E-state index contributed by atoms with van der Waals surface area (Å²) in [5, 5.41) is 0. The van der Waals surface area contributed by atoms with Crippen LogP contribution in [0.3, 0.4) is 0 Å². The minimum Gasteiger partial charge on any atom is -0.326 e. The molecule has 0 bridgehead atoms. The van der Waals surface area contributed by atoms with Crippen LogP contribution in [-0.2, 0) is 0 Å². The van der Waals surface area contributed by atoms with Gasteiger partial charge in [-0.2, -0.15) is 0 Å². The third kappa shape index (κ3) is 4.40. The quantitative estimate of drug-likeness (QED) is 0.801. The Balaban J connectivity index is 2.54. The van der Waals surface area contributed by atoms with Crippen molar-refractivity contribution in [1.82, 2.24) is 0 Å². The van der Waals surface area contributed by atoms with Crippen molar-refractivity contribution in [3.05, 3.63) is 35.6 Å². The van der Waals surface area contributed by atoms with E-state index in [1.165, 1.54) is 12.1 Å². The van der Waals surface area contributed by atoms with Gasteiger partial charge in [-0.1, -0.05) is 12.1 Å². The summed E-state index contributed by atoms with van der Waals surface area (Å²) >= 11 is 0. The average Bonchev–Trinajstić information content (AvgIpc) is 2.14. The molecule has 0 saturated carbocycles. The molecule has 84 valence electrons. The molecule has 0 aliphatic heterocycles. The van der Waals surface area contributed by atoms with Gasteiger partial charge in [-0.3, -0.25) is 0 Å². The molecule has 0 radical (unpaired) electrons. The summed E-state index contributed by atoms with van der Waals surface area (Å²) in [7, 11) is 0. The van der Waals surface area contributed by atoms with E-state index in [1.54, 1.807) is 12.1 Å². The molecule has 4 N–H and O–H groups in total. The molecule has 0 aliphatic rings. The molecule has 15 heavy (non-hydrogen) atoms. The monoisotopic (exact) mass is 210 g/mol. The summed E-state index contributed by atoms with van der Waals surface area (Å²) in [6.07, 6.45) is 1.67. The van der Waals surface area contributed by atoms with Gasteiger partial charge in [0.25, 0.3) is 0 Å². The second kappa shape index (κ2) is 4.73. The van der Waals surface area contributed by atoms with Gasteiger partial charge in [-0.15, -0.1) is 0 Å². The van der Waals surface area contributed by atoms with Gasteiger partial charge in [0.05, 0.1) is 0 Å². The average molecular weight is 210 g/mol. The van der Waals surface area contributed by atoms with Gasteiger partial charge in [0.2, 0.25) is 0 Å². The van der Waals surface area contributed by atoms with Gasteiger partial charge in [-0.05, 0) is 44.4 Å². The SMILES string of the molecule is CC(C)(N)CCC(N)c1ccc(F)cc1. The summed E-state index contributed by atoms with van der Waals surface area (Å²) in [4.78, 5) is 0. The Labute approximate surface area is 90.5 Å². The van der Waals surface area contributed by atoms with Crippen LogP contribution in [0, 0.1) is 5.82 Å². The molecule has 2 nitrogen and oxygen atoms in total. The highest BCUT2D eigenvalue weighted by molar-refractivity contribution is 5.19. The number of hydrogen-bond donors (Lipinski definition) is 2. The second-order valence-corrected chi connectivity index (χ2v) is 4.69. The summed E-state index contributed by atoms with van der Waals surface area (Å²) in [5.41, 5.74) is 12.6. The van der Waals surface area contributed by atoms with Crippen LogP contribution in [0.25, 0.3) is 0 Å². The first-order valence-corrected chi connectivity index (χ1v) is 5.18. The number of benzene rings is 1. The zero-order chi connectivity index (χ0) is 11.5. The van der Waals surface area contributed by atoms with Crippen LogP contribution in [0.2, 0.25) is 0 Å². The highest BCUT2D eigenvalue weighted by atomic mass is 19.1. The van der Waals surface area contributed by atoms with Crippen molar-refractivity contribution in [2.45, 2.75) is 38.3 Å². The Morgan fingerprint density at radius 2 is 1.80 bits per heavy atom. The fourth-order valence-electron chi connectivity index (χ4n) is 1.40. The lowest BCUT2D eigenvalue weighted by molar-refractivity contribution is 0.433. The highest BCUT2D eigenvalue weighted by Gasteiger charge is 2.14. The van der Waals surface area contributed by atoms with Crippen LogP contribution in [0.4, 0.5) is 4.39 Å². The number of hydrogen-bond acceptors (Lipinski definition) is 2. The topological polar surface area (TPSA) is 52.0 Å². The molecule has 0 fully saturated rings. The van der Waals surface area contributed by atoms with Gasteiger partial charge >= 0.3 is 0 Å². The normalized spacial score (nSPS) is 13.9. The predicted octanol–water partition coefficient (Wildman–Crippen LogP) is 2.34. The highest BCUT2D eigenvalue weighted by Crippen LogP contribution is 2.19. The van der Waals surface area contributed by atoms with Crippen molar-refractivity contribution in [3.63, 3.8) is 0 Å². The van der Waals surface area contributed by atoms with Crippen LogP contribution in [0.1, 0.15) is 38.3 Å². The maximum Gasteiger partial charge on any atom is 0.123 e. The molecule has 1 aromatic rings. The van der Waals surface area contributed by atoms with E-state index in [0.717, 1.165) is 18.4 Å². The van der Waals surface area contributed by atoms with Crippen molar-refractivity contribution >= 4 is 0 Å². The molecule has 0 spiro atoms. The molecule has 1 rings (SSSR count). The molecule has 1 aromatic carbocycles. The van der Waals surface area contributed by atoms with E-state index in [1.807, 2.05) is 13.8 Å². The minimum atomic E-state index is -0.231. The Morgan fingerprint density at radius 1 is 1.27 bits per heavy atom. The fraction of sp³-hybridized carbons (Fsp3) is 0.500. The Bertz CT molecular complexity index is 300. The second-order valence-electron chi connectivity index (χ2n) is 4.69. The summed E-state index contributed by atoms with van der Waals surface area (Å²) < 4.78 is 12.7. The van der Waals surface area contributed by atoms with Crippen molar-refractivity contribution in [2.24, 2.45) is 11.5 Å². The Hall–Kier alpha value is -0.930. The van der Waals surface area contributed by atoms with Gasteiger partial charge < -0.3 is 11.5 Å². The molecule has 0 saturated heterocycles. The maximum absolute atomic E-state index is 12.7. The van der Waals surface area contributed by atoms with Crippen molar-refractivity contribution in [2.75, 3.05) is 0 Å². The first-order valence-electron chi connectivity index (χ1n) is 5.18. The van der Waals surface area contributed by atoms with Crippen LogP contribution >= 0.6 is 0 Å². The molecular formula is C12H19FN2. The number of rotatable bonds is 4. The number of nitrogens with two attached hydrogens (primary N) is 2. The third-order valence-electron chi connectivity index (χ3n) is 2.40. The smallest absolute Gasteiger partial charge is 0.123 e. The first kappa shape index (κ1) is 12.1. The van der Waals surface area contributed by atoms with E-state index < -0.39 is 0 Å². The molecule has 1 atom stereocenters. The van der Waals surface area contributed by atoms with Gasteiger partial charge in [0.15, 0.2) is 0 Å². The van der Waals surface area contributed by atoms with Crippen LogP contribution < -0.4 is 11.5 Å². The molecule has 0 amide bonds. The van der Waals surface area contributed by atoms with Crippen molar-refractivity contribution in [3.8, 4) is 0 Å². The van der Waals surface area contributed by atoms with E-state index >= 15 is 0 Å². The lowest BCUT2D eigenvalue weighted by Gasteiger charge is -2.21. The lowest BCUT2D eigenvalue weighted by Crippen LogP contribution is -2.32. The fourth-order valence-corrected chi connectivity index (χ4v) is 1.40. The number of halogens is 1. The lowest BCUT2D eigenvalue weighted by atomic mass is 9.94. The van der Waals surface area contributed by atoms with Gasteiger partial charge in [0.1, 0.15) is 5.82 Å². The zero-order valence-corrected chi connectivity index (χ0v) is 9.33. The summed E-state index contributed by atoms with van der Waals surface area (Å²) in [5.74, 6) is -0.231. The van der Waals surface area contributed by atoms with E-state index in [9.17, 15) is 4.39 Å².